The molecular weight excluding hydrogens is 705 g/mol. The smallest absolute Gasteiger partial charge is 0.136 e. The summed E-state index contributed by atoms with van der Waals surface area (Å²) < 4.78 is 2.34. The first kappa shape index (κ1) is 28.6. The first-order valence-electron chi connectivity index (χ1n) is 15.1. The van der Waals surface area contributed by atoms with Gasteiger partial charge in [0.05, 0.1) is 39.9 Å². The Hall–Kier alpha value is -4.42. The molecule has 48 heavy (non-hydrogen) atoms. The molecule has 0 aliphatic heterocycles. The van der Waals surface area contributed by atoms with Gasteiger partial charge in [0.15, 0.2) is 0 Å². The van der Waals surface area contributed by atoms with Crippen molar-refractivity contribution in [2.45, 2.75) is 0 Å². The molecular formula is C38H20N4S6. The molecule has 6 aromatic heterocycles. The van der Waals surface area contributed by atoms with Gasteiger partial charge in [0.25, 0.3) is 0 Å². The van der Waals surface area contributed by atoms with E-state index in [2.05, 4.69) is 109 Å². The zero-order chi connectivity index (χ0) is 31.6. The molecule has 0 unspecified atom stereocenters. The van der Waals surface area contributed by atoms with Crippen LogP contribution in [0.25, 0.3) is 91.6 Å². The number of hydrogen-bond acceptors (Lipinski definition) is 10. The number of aromatic nitrogens is 4. The standard InChI is InChI=1S/C38H20N4S6/c1-3-7-21(8-4-1)27-11-13-29(43-27)35-39-19-33(47-35)37-41-25-15-23-18-32-26(16-24(23)17-31(25)45-37)42-38(46-32)34-20-40-36(48-34)30-14-12-28(44-30)22-9-5-2-6-10-22/h1-20H. The monoisotopic (exact) mass is 724 g/mol. The van der Waals surface area contributed by atoms with Gasteiger partial charge in [0.2, 0.25) is 0 Å². The molecule has 0 fully saturated rings. The van der Waals surface area contributed by atoms with Crippen LogP contribution in [-0.2, 0) is 0 Å². The van der Waals surface area contributed by atoms with Crippen LogP contribution in [0, 0.1) is 0 Å². The van der Waals surface area contributed by atoms with Crippen molar-refractivity contribution < 1.29 is 0 Å². The lowest BCUT2D eigenvalue weighted by Crippen LogP contribution is -1.76. The van der Waals surface area contributed by atoms with Gasteiger partial charge in [-0.05, 0) is 70.4 Å². The summed E-state index contributed by atoms with van der Waals surface area (Å²) in [5, 5.41) is 6.43. The van der Waals surface area contributed by atoms with E-state index in [1.165, 1.54) is 50.8 Å². The van der Waals surface area contributed by atoms with Gasteiger partial charge in [-0.2, -0.15) is 0 Å². The number of thiazole rings is 4. The normalized spacial score (nSPS) is 11.8. The van der Waals surface area contributed by atoms with Crippen LogP contribution in [0.4, 0.5) is 0 Å². The van der Waals surface area contributed by atoms with Gasteiger partial charge in [-0.15, -0.1) is 68.0 Å². The average molecular weight is 725 g/mol. The second-order valence-electron chi connectivity index (χ2n) is 11.1. The third-order valence-corrected chi connectivity index (χ3v) is 15.0. The van der Waals surface area contributed by atoms with E-state index in [0.29, 0.717) is 0 Å². The Labute approximate surface area is 299 Å². The Morgan fingerprint density at radius 2 is 0.792 bits per heavy atom. The zero-order valence-electron chi connectivity index (χ0n) is 24.8. The molecule has 10 heteroatoms. The molecule has 228 valence electrons. The molecule has 0 aliphatic carbocycles. The van der Waals surface area contributed by atoms with Crippen LogP contribution in [0.2, 0.25) is 0 Å². The maximum absolute atomic E-state index is 5.05. The molecule has 6 heterocycles. The van der Waals surface area contributed by atoms with Crippen molar-refractivity contribution >= 4 is 99.2 Å². The maximum atomic E-state index is 5.05. The number of fused-ring (bicyclic) bond motifs is 3. The average Bonchev–Trinajstić information content (AvgIpc) is 3.97. The summed E-state index contributed by atoms with van der Waals surface area (Å²) in [4.78, 5) is 26.7. The van der Waals surface area contributed by atoms with E-state index in [0.717, 1.165) is 40.8 Å². The van der Waals surface area contributed by atoms with E-state index in [9.17, 15) is 0 Å². The third-order valence-electron chi connectivity index (χ3n) is 8.04. The summed E-state index contributed by atoms with van der Waals surface area (Å²) in [7, 11) is 0. The molecule has 0 aliphatic rings. The molecule has 0 saturated heterocycles. The maximum Gasteiger partial charge on any atom is 0.136 e. The van der Waals surface area contributed by atoms with Gasteiger partial charge in [0, 0.05) is 22.1 Å². The van der Waals surface area contributed by atoms with E-state index >= 15 is 0 Å². The molecule has 0 saturated carbocycles. The highest BCUT2D eigenvalue weighted by Crippen LogP contribution is 2.43. The van der Waals surface area contributed by atoms with Crippen molar-refractivity contribution in [1.82, 2.24) is 19.9 Å². The largest absolute Gasteiger partial charge is 0.243 e. The Bertz CT molecular complexity index is 2490. The molecule has 10 aromatic rings. The van der Waals surface area contributed by atoms with Crippen molar-refractivity contribution in [2.75, 3.05) is 0 Å². The van der Waals surface area contributed by atoms with Crippen LogP contribution in [0.1, 0.15) is 0 Å². The van der Waals surface area contributed by atoms with Crippen LogP contribution in [0.5, 0.6) is 0 Å². The van der Waals surface area contributed by atoms with Crippen molar-refractivity contribution in [3.63, 3.8) is 0 Å². The van der Waals surface area contributed by atoms with Gasteiger partial charge in [-0.25, -0.2) is 19.9 Å². The van der Waals surface area contributed by atoms with E-state index < -0.39 is 0 Å². The highest BCUT2D eigenvalue weighted by Gasteiger charge is 2.17. The summed E-state index contributed by atoms with van der Waals surface area (Å²) in [5.41, 5.74) is 4.50. The number of hydrogen-bond donors (Lipinski definition) is 0. The third kappa shape index (κ3) is 5.13. The summed E-state index contributed by atoms with van der Waals surface area (Å²) in [6.07, 6.45) is 3.93. The fraction of sp³-hybridized carbons (Fsp3) is 0. The van der Waals surface area contributed by atoms with E-state index in [-0.39, 0.29) is 0 Å². The van der Waals surface area contributed by atoms with Crippen molar-refractivity contribution in [1.29, 1.82) is 0 Å². The second kappa shape index (κ2) is 11.6. The van der Waals surface area contributed by atoms with Gasteiger partial charge in [-0.3, -0.25) is 0 Å². The SMILES string of the molecule is c1ccc(-c2ccc(-c3ncc(-c4nc5cc6cc7sc(-c8cnc(-c9ccc(-c%10ccccc%10)s9)s8)nc7cc6cc5s4)s3)s2)cc1. The summed E-state index contributed by atoms with van der Waals surface area (Å²) >= 11 is 10.4. The van der Waals surface area contributed by atoms with E-state index in [4.69, 9.17) is 19.9 Å². The first-order chi connectivity index (χ1) is 23.7. The summed E-state index contributed by atoms with van der Waals surface area (Å²) in [5.74, 6) is 0. The van der Waals surface area contributed by atoms with E-state index in [1.54, 1.807) is 68.0 Å². The predicted octanol–water partition coefficient (Wildman–Crippen LogP) is 13.1. The predicted molar refractivity (Wildman–Crippen MR) is 210 cm³/mol. The van der Waals surface area contributed by atoms with Gasteiger partial charge in [0.1, 0.15) is 20.0 Å². The number of thiophene rings is 2. The number of benzene rings is 4. The quantitative estimate of drug-likeness (QED) is 0.171. The van der Waals surface area contributed by atoms with Crippen molar-refractivity contribution in [3.05, 3.63) is 122 Å². The van der Waals surface area contributed by atoms with Crippen LogP contribution in [0.3, 0.4) is 0 Å². The fourth-order valence-corrected chi connectivity index (χ4v) is 11.7. The molecule has 0 atom stereocenters. The minimum absolute atomic E-state index is 1.01. The minimum atomic E-state index is 1.01. The molecule has 0 radical (unpaired) electrons. The highest BCUT2D eigenvalue weighted by molar-refractivity contribution is 7.29. The lowest BCUT2D eigenvalue weighted by atomic mass is 10.1. The minimum Gasteiger partial charge on any atom is -0.243 e. The Kier molecular flexibility index (Phi) is 6.92. The molecule has 4 aromatic carbocycles. The van der Waals surface area contributed by atoms with Crippen molar-refractivity contribution in [2.24, 2.45) is 0 Å². The van der Waals surface area contributed by atoms with Crippen LogP contribution in [0.15, 0.2) is 122 Å². The number of rotatable bonds is 6. The fourth-order valence-electron chi connectivity index (χ4n) is 5.70. The molecule has 0 N–H and O–H groups in total. The van der Waals surface area contributed by atoms with Gasteiger partial charge in [-0.1, -0.05) is 60.7 Å². The van der Waals surface area contributed by atoms with Gasteiger partial charge < -0.3 is 0 Å². The zero-order valence-corrected chi connectivity index (χ0v) is 29.7. The first-order valence-corrected chi connectivity index (χ1v) is 20.0. The van der Waals surface area contributed by atoms with E-state index in [1.807, 2.05) is 12.4 Å². The summed E-state index contributed by atoms with van der Waals surface area (Å²) in [6.45, 7) is 0. The molecule has 4 nitrogen and oxygen atoms in total. The molecule has 0 spiro atoms. The Morgan fingerprint density at radius 1 is 0.354 bits per heavy atom. The lowest BCUT2D eigenvalue weighted by Gasteiger charge is -1.97. The van der Waals surface area contributed by atoms with Crippen LogP contribution in [-0.4, -0.2) is 19.9 Å². The highest BCUT2D eigenvalue weighted by atomic mass is 32.1. The van der Waals surface area contributed by atoms with Crippen LogP contribution >= 0.6 is 68.0 Å². The number of nitrogens with zero attached hydrogens (tertiary/aromatic N) is 4. The topological polar surface area (TPSA) is 51.6 Å². The summed E-state index contributed by atoms with van der Waals surface area (Å²) in [6, 6.07) is 38.7. The van der Waals surface area contributed by atoms with Crippen molar-refractivity contribution in [3.8, 4) is 60.4 Å². The van der Waals surface area contributed by atoms with Gasteiger partial charge >= 0.3 is 0 Å². The second-order valence-corrected chi connectivity index (χ2v) is 17.4. The molecule has 10 rings (SSSR count). The molecule has 0 bridgehead atoms. The lowest BCUT2D eigenvalue weighted by molar-refractivity contribution is 1.42. The Balaban J connectivity index is 0.929. The van der Waals surface area contributed by atoms with Crippen LogP contribution < -0.4 is 0 Å². The Morgan fingerprint density at radius 3 is 1.25 bits per heavy atom. The molecule has 0 amide bonds.